The fourth-order valence-electron chi connectivity index (χ4n) is 4.01. The molecule has 0 saturated carbocycles. The fraction of sp³-hybridized carbons (Fsp3) is 0.733. The van der Waals surface area contributed by atoms with Gasteiger partial charge in [0.05, 0.1) is 12.0 Å². The molecule has 5 atom stereocenters. The van der Waals surface area contributed by atoms with Crippen molar-refractivity contribution in [3.05, 3.63) is 12.2 Å². The minimum atomic E-state index is -1.38. The van der Waals surface area contributed by atoms with Crippen LogP contribution in [-0.2, 0) is 14.3 Å². The van der Waals surface area contributed by atoms with E-state index in [1.165, 1.54) is 0 Å². The molecule has 3 aliphatic rings. The molecular formula is C15H21NO5. The number of carbonyl (C=O) groups excluding carboxylic acids is 2. The summed E-state index contributed by atoms with van der Waals surface area (Å²) < 4.78 is 5.28. The number of hydrogen-bond donors (Lipinski definition) is 3. The maximum absolute atomic E-state index is 12.2. The van der Waals surface area contributed by atoms with Crippen molar-refractivity contribution in [2.45, 2.75) is 49.9 Å². The zero-order valence-electron chi connectivity index (χ0n) is 12.0. The number of nitrogens with one attached hydrogen (secondary N) is 1. The van der Waals surface area contributed by atoms with Gasteiger partial charge >= 0.3 is 5.97 Å². The first-order valence-electron chi connectivity index (χ1n) is 7.48. The predicted molar refractivity (Wildman–Crippen MR) is 73.1 cm³/mol. The van der Waals surface area contributed by atoms with E-state index in [2.05, 4.69) is 5.32 Å². The highest BCUT2D eigenvalue weighted by atomic mass is 16.6. The maximum Gasteiger partial charge on any atom is 0.339 e. The topological polar surface area (TPSA) is 95.9 Å². The van der Waals surface area contributed by atoms with E-state index in [0.29, 0.717) is 0 Å². The van der Waals surface area contributed by atoms with Crippen LogP contribution in [0.3, 0.4) is 0 Å². The van der Waals surface area contributed by atoms with E-state index in [4.69, 9.17) is 9.84 Å². The Hall–Kier alpha value is -1.40. The van der Waals surface area contributed by atoms with Crippen LogP contribution in [0.2, 0.25) is 0 Å². The Bertz CT molecular complexity index is 504. The van der Waals surface area contributed by atoms with Gasteiger partial charge in [0.2, 0.25) is 11.4 Å². The van der Waals surface area contributed by atoms with Gasteiger partial charge in [0, 0.05) is 12.5 Å². The van der Waals surface area contributed by atoms with E-state index in [9.17, 15) is 14.7 Å². The van der Waals surface area contributed by atoms with Crippen molar-refractivity contribution in [1.29, 1.82) is 0 Å². The van der Waals surface area contributed by atoms with Gasteiger partial charge < -0.3 is 20.3 Å². The van der Waals surface area contributed by atoms with Gasteiger partial charge in [0.1, 0.15) is 0 Å². The van der Waals surface area contributed by atoms with Crippen molar-refractivity contribution in [3.8, 4) is 0 Å². The van der Waals surface area contributed by atoms with Gasteiger partial charge in [-0.15, -0.1) is 0 Å². The highest BCUT2D eigenvalue weighted by molar-refractivity contribution is 6.01. The molecule has 3 rings (SSSR count). The number of fused-ring (bicyclic) bond motifs is 1. The third-order valence-corrected chi connectivity index (χ3v) is 5.27. The summed E-state index contributed by atoms with van der Waals surface area (Å²) in [4.78, 5) is 24.3. The first kappa shape index (κ1) is 14.5. The molecule has 6 nitrogen and oxygen atoms in total. The van der Waals surface area contributed by atoms with Crippen LogP contribution in [0, 0.1) is 11.8 Å². The van der Waals surface area contributed by atoms with Crippen molar-refractivity contribution in [2.24, 2.45) is 11.8 Å². The molecule has 2 saturated heterocycles. The number of rotatable bonds is 4. The van der Waals surface area contributed by atoms with Crippen LogP contribution in [-0.4, -0.2) is 45.9 Å². The van der Waals surface area contributed by atoms with Crippen LogP contribution in [0.4, 0.5) is 0 Å². The molecule has 1 aliphatic carbocycles. The Morgan fingerprint density at radius 2 is 2.29 bits per heavy atom. The predicted octanol–water partition coefficient (Wildman–Crippen LogP) is -0.114. The van der Waals surface area contributed by atoms with E-state index in [1.54, 1.807) is 6.92 Å². The summed E-state index contributed by atoms with van der Waals surface area (Å²) in [6, 6.07) is 0. The van der Waals surface area contributed by atoms with Gasteiger partial charge in [0.25, 0.3) is 0 Å². The molecule has 2 fully saturated rings. The van der Waals surface area contributed by atoms with Gasteiger partial charge in [-0.25, -0.2) is 4.79 Å². The van der Waals surface area contributed by atoms with Gasteiger partial charge in [0.15, 0.2) is 5.60 Å². The van der Waals surface area contributed by atoms with Crippen LogP contribution >= 0.6 is 0 Å². The largest absolute Gasteiger partial charge is 0.453 e. The summed E-state index contributed by atoms with van der Waals surface area (Å²) in [5.74, 6) is -1.71. The van der Waals surface area contributed by atoms with Crippen LogP contribution in [0.15, 0.2) is 12.2 Å². The average Bonchev–Trinajstić information content (AvgIpc) is 2.65. The molecule has 0 aromatic rings. The maximum atomic E-state index is 12.2. The minimum Gasteiger partial charge on any atom is -0.453 e. The first-order valence-corrected chi connectivity index (χ1v) is 7.48. The molecule has 6 heteroatoms. The molecular weight excluding hydrogens is 274 g/mol. The van der Waals surface area contributed by atoms with Crippen LogP contribution < -0.4 is 5.32 Å². The Balaban J connectivity index is 1.94. The lowest BCUT2D eigenvalue weighted by Crippen LogP contribution is -2.80. The molecule has 1 amide bonds. The quantitative estimate of drug-likeness (QED) is 0.497. The molecule has 3 N–H and O–H groups in total. The number of aliphatic hydroxyl groups is 2. The number of allylic oxidation sites excluding steroid dienone is 1. The summed E-state index contributed by atoms with van der Waals surface area (Å²) in [5.41, 5.74) is -2.47. The van der Waals surface area contributed by atoms with Gasteiger partial charge in [-0.05, 0) is 32.6 Å². The van der Waals surface area contributed by atoms with Crippen molar-refractivity contribution >= 4 is 11.9 Å². The van der Waals surface area contributed by atoms with Crippen molar-refractivity contribution in [1.82, 2.24) is 5.32 Å². The molecule has 2 heterocycles. The van der Waals surface area contributed by atoms with Gasteiger partial charge in [-0.2, -0.15) is 0 Å². The number of aliphatic hydroxyl groups excluding tert-OH is 2. The van der Waals surface area contributed by atoms with Crippen molar-refractivity contribution in [2.75, 3.05) is 6.61 Å². The summed E-state index contributed by atoms with van der Waals surface area (Å²) in [6.45, 7) is 1.50. The lowest BCUT2D eigenvalue weighted by molar-refractivity contribution is -0.238. The summed E-state index contributed by atoms with van der Waals surface area (Å²) in [6.07, 6.45) is 5.82. The number of ether oxygens (including phenoxy) is 1. The molecule has 0 aromatic carbocycles. The monoisotopic (exact) mass is 295 g/mol. The van der Waals surface area contributed by atoms with E-state index in [1.807, 2.05) is 12.2 Å². The first-order chi connectivity index (χ1) is 9.97. The van der Waals surface area contributed by atoms with Crippen molar-refractivity contribution < 1.29 is 24.5 Å². The number of carbonyl (C=O) groups is 2. The molecule has 0 unspecified atom stereocenters. The molecule has 116 valence electrons. The van der Waals surface area contributed by atoms with E-state index < -0.39 is 29.1 Å². The number of amides is 1. The normalized spacial score (nSPS) is 42.8. The second kappa shape index (κ2) is 4.81. The summed E-state index contributed by atoms with van der Waals surface area (Å²) in [7, 11) is 0. The molecule has 21 heavy (non-hydrogen) atoms. The average molecular weight is 295 g/mol. The highest BCUT2D eigenvalue weighted by Crippen LogP contribution is 2.53. The highest BCUT2D eigenvalue weighted by Gasteiger charge is 2.79. The Morgan fingerprint density at radius 3 is 2.86 bits per heavy atom. The van der Waals surface area contributed by atoms with Crippen LogP contribution in [0.5, 0.6) is 0 Å². The van der Waals surface area contributed by atoms with Gasteiger partial charge in [-0.3, -0.25) is 4.79 Å². The zero-order valence-corrected chi connectivity index (χ0v) is 12.0. The second-order valence-corrected chi connectivity index (χ2v) is 6.33. The van der Waals surface area contributed by atoms with Crippen molar-refractivity contribution in [3.63, 3.8) is 0 Å². The summed E-state index contributed by atoms with van der Waals surface area (Å²) >= 11 is 0. The standard InChI is InChI=1S/C15H21NO5/c1-14-10(7-8-17)12(19)16-15(14,13(20)21-14)11(18)9-5-3-2-4-6-9/h3,5,9-11,17-18H,2,4,6-8H2,1H3,(H,16,19)/t9-,10+,11-,14+,15+/m1/s1. The molecule has 0 radical (unpaired) electrons. The molecule has 0 spiro atoms. The Kier molecular flexibility index (Phi) is 3.33. The van der Waals surface area contributed by atoms with Gasteiger partial charge in [-0.1, -0.05) is 12.2 Å². The second-order valence-electron chi connectivity index (χ2n) is 6.33. The lowest BCUT2D eigenvalue weighted by atomic mass is 9.64. The smallest absolute Gasteiger partial charge is 0.339 e. The van der Waals surface area contributed by atoms with E-state index >= 15 is 0 Å². The molecule has 0 aromatic heterocycles. The molecule has 0 bridgehead atoms. The van der Waals surface area contributed by atoms with Crippen LogP contribution in [0.1, 0.15) is 32.6 Å². The summed E-state index contributed by atoms with van der Waals surface area (Å²) in [5, 5.41) is 22.6. The third-order valence-electron chi connectivity index (χ3n) is 5.27. The number of hydrogen-bond acceptors (Lipinski definition) is 5. The molecule has 2 aliphatic heterocycles. The van der Waals surface area contributed by atoms with E-state index in [-0.39, 0.29) is 24.9 Å². The fourth-order valence-corrected chi connectivity index (χ4v) is 4.01. The SMILES string of the molecule is C[C@@]12OC(=O)[C@]1([C@H](O)[C@@H]1C=CCCC1)NC(=O)[C@@H]2CCO. The van der Waals surface area contributed by atoms with Crippen LogP contribution in [0.25, 0.3) is 0 Å². The minimum absolute atomic E-state index is 0.166. The van der Waals surface area contributed by atoms with E-state index in [0.717, 1.165) is 19.3 Å². The number of esters is 1. The lowest BCUT2D eigenvalue weighted by Gasteiger charge is -2.54. The Labute approximate surface area is 123 Å². The zero-order chi connectivity index (χ0) is 15.3. The Morgan fingerprint density at radius 1 is 1.52 bits per heavy atom. The third kappa shape index (κ3) is 1.72.